The number of rotatable bonds is 4. The molecule has 0 spiro atoms. The van der Waals surface area contributed by atoms with Gasteiger partial charge in [0.05, 0.1) is 11.4 Å². The minimum Gasteiger partial charge on any atom is -0.459 e. The van der Waals surface area contributed by atoms with Crippen LogP contribution in [0.1, 0.15) is 52.7 Å². The van der Waals surface area contributed by atoms with Crippen molar-refractivity contribution >= 4 is 17.4 Å². The lowest BCUT2D eigenvalue weighted by Gasteiger charge is -2.31. The Morgan fingerprint density at radius 3 is 2.14 bits per heavy atom. The largest absolute Gasteiger partial charge is 0.459 e. The van der Waals surface area contributed by atoms with Crippen molar-refractivity contribution in [3.8, 4) is 11.1 Å². The van der Waals surface area contributed by atoms with E-state index >= 15 is 0 Å². The molecule has 5 nitrogen and oxygen atoms in total. The zero-order valence-electron chi connectivity index (χ0n) is 18.1. The maximum atomic E-state index is 12.8. The minimum atomic E-state index is -0.882. The van der Waals surface area contributed by atoms with Crippen LogP contribution in [0.5, 0.6) is 0 Å². The smallest absolute Gasteiger partial charge is 0.318 e. The highest BCUT2D eigenvalue weighted by Crippen LogP contribution is 2.34. The molecule has 3 rings (SSSR count). The minimum absolute atomic E-state index is 0.182. The first kappa shape index (κ1) is 20.9. The average Bonchev–Trinajstić information content (AvgIpc) is 3.09. The maximum absolute atomic E-state index is 12.8. The van der Waals surface area contributed by atoms with Gasteiger partial charge in [-0.15, -0.1) is 0 Å². The summed E-state index contributed by atoms with van der Waals surface area (Å²) in [5.41, 5.74) is 18.6. The van der Waals surface area contributed by atoms with Gasteiger partial charge in [-0.05, 0) is 70.4 Å². The van der Waals surface area contributed by atoms with Gasteiger partial charge in [0.2, 0.25) is 0 Å². The van der Waals surface area contributed by atoms with E-state index in [1.165, 1.54) is 5.57 Å². The van der Waals surface area contributed by atoms with Crippen LogP contribution in [0.15, 0.2) is 48.0 Å². The van der Waals surface area contributed by atoms with E-state index in [9.17, 15) is 4.79 Å². The van der Waals surface area contributed by atoms with Crippen LogP contribution in [-0.2, 0) is 14.9 Å². The van der Waals surface area contributed by atoms with E-state index in [4.69, 9.17) is 10.5 Å². The molecule has 0 aliphatic carbocycles. The standard InChI is InChI=1S/C24H31N3O2/c1-15(2)21-19-13-17(9-12-20(19)26-27-21)16-7-10-18(11-8-16)24(6,14-25)22(28)29-23(3,4)5/h7-13,26-27H,14,25H2,1-6H3. The molecule has 0 bridgehead atoms. The number of carbonyl (C=O) groups excluding carboxylic acids is 1. The molecule has 1 heterocycles. The molecule has 1 atom stereocenters. The first-order valence-corrected chi connectivity index (χ1v) is 9.93. The quantitative estimate of drug-likeness (QED) is 0.662. The van der Waals surface area contributed by atoms with Crippen molar-refractivity contribution in [1.29, 1.82) is 0 Å². The average molecular weight is 394 g/mol. The van der Waals surface area contributed by atoms with Crippen molar-refractivity contribution < 1.29 is 9.53 Å². The van der Waals surface area contributed by atoms with E-state index in [0.717, 1.165) is 33.6 Å². The fourth-order valence-electron chi connectivity index (χ4n) is 3.37. The number of ether oxygens (including phenoxy) is 1. The third kappa shape index (κ3) is 4.15. The predicted octanol–water partition coefficient (Wildman–Crippen LogP) is 4.59. The molecular formula is C24H31N3O2. The molecule has 0 fully saturated rings. The summed E-state index contributed by atoms with van der Waals surface area (Å²) in [6.45, 7) is 11.8. The van der Waals surface area contributed by atoms with Gasteiger partial charge in [0.15, 0.2) is 0 Å². The second-order valence-electron chi connectivity index (χ2n) is 9.00. The first-order chi connectivity index (χ1) is 13.5. The number of allylic oxidation sites excluding steroid dienone is 1. The summed E-state index contributed by atoms with van der Waals surface area (Å²) < 4.78 is 5.61. The molecule has 0 saturated heterocycles. The highest BCUT2D eigenvalue weighted by molar-refractivity contribution is 5.86. The van der Waals surface area contributed by atoms with Crippen molar-refractivity contribution in [3.63, 3.8) is 0 Å². The van der Waals surface area contributed by atoms with Crippen LogP contribution >= 0.6 is 0 Å². The van der Waals surface area contributed by atoms with Crippen molar-refractivity contribution in [2.24, 2.45) is 5.73 Å². The normalized spacial score (nSPS) is 15.1. The van der Waals surface area contributed by atoms with Gasteiger partial charge in [-0.3, -0.25) is 4.79 Å². The van der Waals surface area contributed by atoms with Crippen LogP contribution < -0.4 is 16.6 Å². The Kier molecular flexibility index (Phi) is 5.46. The van der Waals surface area contributed by atoms with Gasteiger partial charge < -0.3 is 21.3 Å². The summed E-state index contributed by atoms with van der Waals surface area (Å²) in [7, 11) is 0. The predicted molar refractivity (Wildman–Crippen MR) is 119 cm³/mol. The Morgan fingerprint density at radius 1 is 0.966 bits per heavy atom. The lowest BCUT2D eigenvalue weighted by molar-refractivity contribution is -0.161. The number of fused-ring (bicyclic) bond motifs is 1. The second kappa shape index (κ2) is 7.56. The molecule has 29 heavy (non-hydrogen) atoms. The molecule has 0 aromatic heterocycles. The lowest BCUT2D eigenvalue weighted by Crippen LogP contribution is -2.44. The maximum Gasteiger partial charge on any atom is 0.318 e. The van der Waals surface area contributed by atoms with Gasteiger partial charge in [-0.1, -0.05) is 35.9 Å². The molecule has 2 aromatic carbocycles. The molecule has 2 aromatic rings. The molecule has 1 aliphatic heterocycles. The number of nitrogens with one attached hydrogen (secondary N) is 2. The van der Waals surface area contributed by atoms with Gasteiger partial charge in [0.1, 0.15) is 11.0 Å². The molecule has 0 radical (unpaired) electrons. The van der Waals surface area contributed by atoms with Crippen molar-refractivity contribution in [2.75, 3.05) is 12.0 Å². The third-order valence-electron chi connectivity index (χ3n) is 5.22. The Bertz CT molecular complexity index is 951. The zero-order valence-corrected chi connectivity index (χ0v) is 18.1. The summed E-state index contributed by atoms with van der Waals surface area (Å²) >= 11 is 0. The number of carbonyl (C=O) groups is 1. The number of anilines is 1. The lowest BCUT2D eigenvalue weighted by atomic mass is 9.81. The van der Waals surface area contributed by atoms with E-state index in [2.05, 4.69) is 42.9 Å². The zero-order chi connectivity index (χ0) is 21.4. The third-order valence-corrected chi connectivity index (χ3v) is 5.22. The molecule has 1 unspecified atom stereocenters. The van der Waals surface area contributed by atoms with E-state index < -0.39 is 11.0 Å². The molecular weight excluding hydrogens is 362 g/mol. The summed E-state index contributed by atoms with van der Waals surface area (Å²) in [4.78, 5) is 12.8. The van der Waals surface area contributed by atoms with E-state index in [1.54, 1.807) is 0 Å². The van der Waals surface area contributed by atoms with Gasteiger partial charge in [-0.25, -0.2) is 0 Å². The fraction of sp³-hybridized carbons (Fsp3) is 0.375. The Morgan fingerprint density at radius 2 is 1.59 bits per heavy atom. The first-order valence-electron chi connectivity index (χ1n) is 9.93. The van der Waals surface area contributed by atoms with Gasteiger partial charge >= 0.3 is 5.97 Å². The molecule has 4 N–H and O–H groups in total. The van der Waals surface area contributed by atoms with Crippen LogP contribution in [0.2, 0.25) is 0 Å². The summed E-state index contributed by atoms with van der Waals surface area (Å²) in [6.07, 6.45) is 0. The van der Waals surface area contributed by atoms with Crippen LogP contribution in [0, 0.1) is 0 Å². The Hall–Kier alpha value is -2.79. The highest BCUT2D eigenvalue weighted by Gasteiger charge is 2.37. The Balaban J connectivity index is 1.92. The Labute approximate surface area is 173 Å². The molecule has 0 amide bonds. The number of hydrogen-bond acceptors (Lipinski definition) is 5. The summed E-state index contributed by atoms with van der Waals surface area (Å²) in [5, 5.41) is 0. The number of hydrazine groups is 1. The van der Waals surface area contributed by atoms with E-state index in [-0.39, 0.29) is 12.5 Å². The SMILES string of the molecule is CC(C)=C1NNc2ccc(-c3ccc(C(C)(CN)C(=O)OC(C)(C)C)cc3)cc21. The van der Waals surface area contributed by atoms with Crippen molar-refractivity contribution in [3.05, 3.63) is 59.2 Å². The van der Waals surface area contributed by atoms with Crippen molar-refractivity contribution in [2.45, 2.75) is 52.6 Å². The molecule has 0 saturated carbocycles. The van der Waals surface area contributed by atoms with E-state index in [1.807, 2.05) is 52.0 Å². The number of hydrogen-bond donors (Lipinski definition) is 3. The van der Waals surface area contributed by atoms with Crippen molar-refractivity contribution in [1.82, 2.24) is 5.43 Å². The molecule has 1 aliphatic rings. The van der Waals surface area contributed by atoms with Crippen LogP contribution in [0.25, 0.3) is 16.8 Å². The van der Waals surface area contributed by atoms with Gasteiger partial charge in [0, 0.05) is 12.1 Å². The number of nitrogens with two attached hydrogens (primary N) is 1. The van der Waals surface area contributed by atoms with E-state index in [0.29, 0.717) is 0 Å². The highest BCUT2D eigenvalue weighted by atomic mass is 16.6. The fourth-order valence-corrected chi connectivity index (χ4v) is 3.37. The second-order valence-corrected chi connectivity index (χ2v) is 9.00. The summed E-state index contributed by atoms with van der Waals surface area (Å²) in [6, 6.07) is 14.4. The summed E-state index contributed by atoms with van der Waals surface area (Å²) in [5.74, 6) is -0.303. The molecule has 154 valence electrons. The van der Waals surface area contributed by atoms with Gasteiger partial charge in [0.25, 0.3) is 0 Å². The number of esters is 1. The number of benzene rings is 2. The van der Waals surface area contributed by atoms with Crippen LogP contribution in [0.4, 0.5) is 5.69 Å². The molecule has 5 heteroatoms. The monoisotopic (exact) mass is 393 g/mol. The topological polar surface area (TPSA) is 76.4 Å². The van der Waals surface area contributed by atoms with Crippen LogP contribution in [0.3, 0.4) is 0 Å². The van der Waals surface area contributed by atoms with Crippen LogP contribution in [-0.4, -0.2) is 18.1 Å². The van der Waals surface area contributed by atoms with Gasteiger partial charge in [-0.2, -0.15) is 0 Å².